The SMILES string of the molecule is O=C(O)CCCC(=O)O.O=C(O)[C@H](c1ccccc1Cl)N1CCc2sccc2C1. The van der Waals surface area contributed by atoms with Crippen LogP contribution in [0.2, 0.25) is 5.02 Å². The standard InChI is InChI=1S/C15H14ClNO2S.C5H8O4/c16-12-4-2-1-3-11(12)14(15(18)19)17-7-5-13-10(9-17)6-8-20-13;6-4(7)2-1-3-5(8)9/h1-4,6,8,14H,5,7,9H2,(H,18,19);1-3H2,(H,6,7)(H,8,9)/t14-;/m0./s1. The van der Waals surface area contributed by atoms with Crippen molar-refractivity contribution < 1.29 is 29.7 Å². The maximum absolute atomic E-state index is 11.7. The first-order valence-electron chi connectivity index (χ1n) is 8.99. The van der Waals surface area contributed by atoms with Crippen LogP contribution in [0.4, 0.5) is 0 Å². The number of thiophene rings is 1. The van der Waals surface area contributed by atoms with Gasteiger partial charge < -0.3 is 15.3 Å². The molecule has 0 radical (unpaired) electrons. The van der Waals surface area contributed by atoms with E-state index >= 15 is 0 Å². The van der Waals surface area contributed by atoms with Gasteiger partial charge in [-0.2, -0.15) is 0 Å². The molecule has 0 spiro atoms. The van der Waals surface area contributed by atoms with Crippen molar-refractivity contribution in [2.45, 2.75) is 38.3 Å². The molecule has 0 saturated carbocycles. The van der Waals surface area contributed by atoms with Gasteiger partial charge in [0.05, 0.1) is 0 Å². The summed E-state index contributed by atoms with van der Waals surface area (Å²) in [5.41, 5.74) is 1.90. The van der Waals surface area contributed by atoms with Crippen LogP contribution in [0, 0.1) is 0 Å². The fourth-order valence-electron chi connectivity index (χ4n) is 3.06. The third kappa shape index (κ3) is 6.85. The van der Waals surface area contributed by atoms with Crippen LogP contribution in [0.5, 0.6) is 0 Å². The average Bonchev–Trinajstić information content (AvgIpc) is 3.11. The Morgan fingerprint density at radius 3 is 2.31 bits per heavy atom. The molecule has 0 unspecified atom stereocenters. The maximum atomic E-state index is 11.7. The first-order chi connectivity index (χ1) is 13.8. The van der Waals surface area contributed by atoms with Crippen molar-refractivity contribution in [2.75, 3.05) is 6.54 Å². The summed E-state index contributed by atoms with van der Waals surface area (Å²) >= 11 is 7.92. The second-order valence-electron chi connectivity index (χ2n) is 6.49. The summed E-state index contributed by atoms with van der Waals surface area (Å²) in [5, 5.41) is 28.3. The van der Waals surface area contributed by atoms with Gasteiger partial charge in [-0.05, 0) is 41.5 Å². The van der Waals surface area contributed by atoms with E-state index in [2.05, 4.69) is 11.4 Å². The van der Waals surface area contributed by atoms with E-state index in [1.165, 1.54) is 10.4 Å². The van der Waals surface area contributed by atoms with Gasteiger partial charge in [0.2, 0.25) is 0 Å². The highest BCUT2D eigenvalue weighted by Crippen LogP contribution is 2.33. The lowest BCUT2D eigenvalue weighted by molar-refractivity contribution is -0.144. The second-order valence-corrected chi connectivity index (χ2v) is 7.90. The molecule has 0 amide bonds. The monoisotopic (exact) mass is 439 g/mol. The average molecular weight is 440 g/mol. The molecule has 9 heteroatoms. The van der Waals surface area contributed by atoms with E-state index in [-0.39, 0.29) is 19.3 Å². The molecule has 7 nitrogen and oxygen atoms in total. The van der Waals surface area contributed by atoms with Gasteiger partial charge in [0.25, 0.3) is 0 Å². The largest absolute Gasteiger partial charge is 0.481 e. The summed E-state index contributed by atoms with van der Waals surface area (Å²) < 4.78 is 0. The lowest BCUT2D eigenvalue weighted by Gasteiger charge is -2.32. The van der Waals surface area contributed by atoms with Gasteiger partial charge in [-0.25, -0.2) is 0 Å². The Labute approximate surface area is 177 Å². The molecule has 0 fully saturated rings. The topological polar surface area (TPSA) is 115 Å². The van der Waals surface area contributed by atoms with E-state index in [0.29, 0.717) is 17.1 Å². The molecular weight excluding hydrogens is 418 g/mol. The molecule has 1 aromatic carbocycles. The molecule has 1 atom stereocenters. The molecule has 0 bridgehead atoms. The molecule has 1 aromatic heterocycles. The predicted octanol–water partition coefficient (Wildman–Crippen LogP) is 3.91. The third-order valence-corrected chi connectivity index (χ3v) is 5.78. The molecule has 0 aliphatic carbocycles. The van der Waals surface area contributed by atoms with Crippen molar-refractivity contribution in [3.05, 3.63) is 56.7 Å². The van der Waals surface area contributed by atoms with E-state index in [9.17, 15) is 19.5 Å². The van der Waals surface area contributed by atoms with Crippen LogP contribution in [0.1, 0.15) is 41.3 Å². The quantitative estimate of drug-likeness (QED) is 0.598. The number of carboxylic acids is 3. The van der Waals surface area contributed by atoms with E-state index < -0.39 is 23.9 Å². The van der Waals surface area contributed by atoms with Crippen LogP contribution in [-0.4, -0.2) is 44.7 Å². The van der Waals surface area contributed by atoms with Crippen LogP contribution < -0.4 is 0 Å². The Hall–Kier alpha value is -2.42. The summed E-state index contributed by atoms with van der Waals surface area (Å²) in [5.74, 6) is -2.75. The number of carboxylic acid groups (broad SMARTS) is 3. The Morgan fingerprint density at radius 2 is 1.72 bits per heavy atom. The number of nitrogens with zero attached hydrogens (tertiary/aromatic N) is 1. The summed E-state index contributed by atoms with van der Waals surface area (Å²) in [7, 11) is 0. The number of halogens is 1. The zero-order valence-electron chi connectivity index (χ0n) is 15.6. The third-order valence-electron chi connectivity index (χ3n) is 4.42. The Bertz CT molecular complexity index is 854. The van der Waals surface area contributed by atoms with Crippen LogP contribution in [-0.2, 0) is 27.3 Å². The number of rotatable bonds is 7. The van der Waals surface area contributed by atoms with E-state index in [0.717, 1.165) is 13.0 Å². The minimum Gasteiger partial charge on any atom is -0.481 e. The van der Waals surface area contributed by atoms with Crippen LogP contribution in [0.25, 0.3) is 0 Å². The zero-order valence-corrected chi connectivity index (χ0v) is 17.2. The molecule has 0 saturated heterocycles. The smallest absolute Gasteiger partial charge is 0.325 e. The lowest BCUT2D eigenvalue weighted by atomic mass is 10.0. The van der Waals surface area contributed by atoms with Crippen LogP contribution in [0.3, 0.4) is 0 Å². The van der Waals surface area contributed by atoms with Gasteiger partial charge in [-0.1, -0.05) is 29.8 Å². The van der Waals surface area contributed by atoms with Crippen molar-refractivity contribution in [3.8, 4) is 0 Å². The Morgan fingerprint density at radius 1 is 1.07 bits per heavy atom. The molecule has 2 heterocycles. The van der Waals surface area contributed by atoms with Crippen molar-refractivity contribution >= 4 is 40.8 Å². The summed E-state index contributed by atoms with van der Waals surface area (Å²) in [6.45, 7) is 1.41. The minimum atomic E-state index is -0.948. The maximum Gasteiger partial charge on any atom is 0.325 e. The van der Waals surface area contributed by atoms with Gasteiger partial charge in [-0.15, -0.1) is 11.3 Å². The van der Waals surface area contributed by atoms with Gasteiger partial charge in [0.1, 0.15) is 6.04 Å². The number of carbonyl (C=O) groups is 3. The molecule has 3 rings (SSSR count). The number of hydrogen-bond donors (Lipinski definition) is 3. The van der Waals surface area contributed by atoms with Gasteiger partial charge in [-0.3, -0.25) is 19.3 Å². The second kappa shape index (κ2) is 10.9. The zero-order chi connectivity index (χ0) is 21.4. The van der Waals surface area contributed by atoms with Crippen molar-refractivity contribution in [1.82, 2.24) is 4.90 Å². The Balaban J connectivity index is 0.000000284. The first kappa shape index (κ1) is 22.9. The fraction of sp³-hybridized carbons (Fsp3) is 0.350. The van der Waals surface area contributed by atoms with Crippen LogP contribution >= 0.6 is 22.9 Å². The van der Waals surface area contributed by atoms with Gasteiger partial charge in [0, 0.05) is 35.8 Å². The van der Waals surface area contributed by atoms with Crippen molar-refractivity contribution in [3.63, 3.8) is 0 Å². The highest BCUT2D eigenvalue weighted by Gasteiger charge is 2.31. The predicted molar refractivity (Wildman–Crippen MR) is 109 cm³/mol. The van der Waals surface area contributed by atoms with Crippen LogP contribution in [0.15, 0.2) is 35.7 Å². The molecule has 156 valence electrons. The highest BCUT2D eigenvalue weighted by atomic mass is 35.5. The molecular formula is C20H22ClNO6S. The Kier molecular flexibility index (Phi) is 8.63. The highest BCUT2D eigenvalue weighted by molar-refractivity contribution is 7.10. The summed E-state index contributed by atoms with van der Waals surface area (Å²) in [4.78, 5) is 34.6. The van der Waals surface area contributed by atoms with E-state index in [1.54, 1.807) is 23.5 Å². The van der Waals surface area contributed by atoms with Crippen molar-refractivity contribution in [2.24, 2.45) is 0 Å². The molecule has 1 aliphatic heterocycles. The summed E-state index contributed by atoms with van der Waals surface area (Å²) in [6.07, 6.45) is 0.991. The molecule has 29 heavy (non-hydrogen) atoms. The number of aliphatic carboxylic acids is 3. The number of benzene rings is 1. The fourth-order valence-corrected chi connectivity index (χ4v) is 4.19. The van der Waals surface area contributed by atoms with Gasteiger partial charge >= 0.3 is 17.9 Å². The van der Waals surface area contributed by atoms with Crippen molar-refractivity contribution in [1.29, 1.82) is 0 Å². The van der Waals surface area contributed by atoms with E-state index in [1.807, 2.05) is 17.0 Å². The molecule has 1 aliphatic rings. The summed E-state index contributed by atoms with van der Waals surface area (Å²) in [6, 6.07) is 8.58. The van der Waals surface area contributed by atoms with E-state index in [4.69, 9.17) is 21.8 Å². The normalized spacial score (nSPS) is 14.2. The molecule has 3 N–H and O–H groups in total. The number of fused-ring (bicyclic) bond motifs is 1. The minimum absolute atomic E-state index is 0.0632. The molecule has 2 aromatic rings. The number of hydrogen-bond acceptors (Lipinski definition) is 5. The lowest BCUT2D eigenvalue weighted by Crippen LogP contribution is -2.37. The van der Waals surface area contributed by atoms with Gasteiger partial charge in [0.15, 0.2) is 0 Å². The first-order valence-corrected chi connectivity index (χ1v) is 10.3.